The molecule has 0 unspecified atom stereocenters. The number of anilines is 1. The van der Waals surface area contributed by atoms with E-state index in [9.17, 15) is 14.4 Å². The lowest BCUT2D eigenvalue weighted by atomic mass is 9.96. The largest absolute Gasteiger partial charge is 0.354 e. The Bertz CT molecular complexity index is 928. The fourth-order valence-corrected chi connectivity index (χ4v) is 3.62. The molecule has 2 aromatic rings. The van der Waals surface area contributed by atoms with E-state index >= 15 is 0 Å². The number of hydrogen-bond acceptors (Lipinski definition) is 3. The molecule has 0 saturated carbocycles. The number of carbonyl (C=O) groups is 3. The Hall–Kier alpha value is -2.86. The Labute approximate surface area is 181 Å². The van der Waals surface area contributed by atoms with E-state index in [1.54, 1.807) is 53.4 Å². The first kappa shape index (κ1) is 21.8. The molecule has 0 radical (unpaired) electrons. The van der Waals surface area contributed by atoms with Crippen LogP contribution < -0.4 is 10.6 Å². The Morgan fingerprint density at radius 2 is 1.80 bits per heavy atom. The number of halogens is 1. The molecule has 30 heavy (non-hydrogen) atoms. The van der Waals surface area contributed by atoms with E-state index in [1.165, 1.54) is 0 Å². The number of piperidine rings is 1. The molecule has 0 bridgehead atoms. The van der Waals surface area contributed by atoms with Crippen molar-refractivity contribution in [2.75, 3.05) is 18.4 Å². The third-order valence-corrected chi connectivity index (χ3v) is 5.24. The fraction of sp³-hybridized carbons (Fsp3) is 0.348. The van der Waals surface area contributed by atoms with Crippen molar-refractivity contribution in [2.45, 2.75) is 32.7 Å². The first-order valence-corrected chi connectivity index (χ1v) is 10.5. The third kappa shape index (κ3) is 5.60. The van der Waals surface area contributed by atoms with Crippen LogP contribution in [0.1, 0.15) is 47.4 Å². The predicted molar refractivity (Wildman–Crippen MR) is 118 cm³/mol. The van der Waals surface area contributed by atoms with Crippen LogP contribution in [0.2, 0.25) is 5.02 Å². The molecular formula is C23H26ClN3O3. The van der Waals surface area contributed by atoms with Gasteiger partial charge in [0.1, 0.15) is 0 Å². The molecule has 3 rings (SSSR count). The molecule has 1 saturated heterocycles. The van der Waals surface area contributed by atoms with Crippen molar-refractivity contribution in [3.63, 3.8) is 0 Å². The second-order valence-electron chi connectivity index (χ2n) is 7.80. The summed E-state index contributed by atoms with van der Waals surface area (Å²) in [7, 11) is 0. The molecule has 2 N–H and O–H groups in total. The van der Waals surface area contributed by atoms with E-state index < -0.39 is 0 Å². The summed E-state index contributed by atoms with van der Waals surface area (Å²) in [6.07, 6.45) is 1.56. The summed E-state index contributed by atoms with van der Waals surface area (Å²) in [5, 5.41) is 6.29. The molecule has 6 nitrogen and oxygen atoms in total. The van der Waals surface area contributed by atoms with Gasteiger partial charge < -0.3 is 15.5 Å². The topological polar surface area (TPSA) is 78.5 Å². The van der Waals surface area contributed by atoms with Crippen molar-refractivity contribution in [1.29, 1.82) is 0 Å². The fourth-order valence-electron chi connectivity index (χ4n) is 3.50. The zero-order chi connectivity index (χ0) is 21.7. The molecule has 158 valence electrons. The van der Waals surface area contributed by atoms with Gasteiger partial charge in [0.05, 0.1) is 5.92 Å². The number of carbonyl (C=O) groups excluding carboxylic acids is 3. The number of hydrogen-bond donors (Lipinski definition) is 2. The highest BCUT2D eigenvalue weighted by atomic mass is 35.5. The second-order valence-corrected chi connectivity index (χ2v) is 8.23. The van der Waals surface area contributed by atoms with Crippen LogP contribution in [-0.2, 0) is 4.79 Å². The minimum absolute atomic E-state index is 0.00789. The van der Waals surface area contributed by atoms with Gasteiger partial charge in [-0.25, -0.2) is 0 Å². The van der Waals surface area contributed by atoms with Crippen LogP contribution in [0.25, 0.3) is 0 Å². The summed E-state index contributed by atoms with van der Waals surface area (Å²) >= 11 is 5.86. The maximum Gasteiger partial charge on any atom is 0.255 e. The van der Waals surface area contributed by atoms with Gasteiger partial charge in [-0.2, -0.15) is 0 Å². The normalized spacial score (nSPS) is 16.3. The van der Waals surface area contributed by atoms with Gasteiger partial charge >= 0.3 is 0 Å². The zero-order valence-corrected chi connectivity index (χ0v) is 17.9. The summed E-state index contributed by atoms with van der Waals surface area (Å²) < 4.78 is 0. The van der Waals surface area contributed by atoms with Crippen LogP contribution in [0.5, 0.6) is 0 Å². The van der Waals surface area contributed by atoms with Crippen molar-refractivity contribution in [1.82, 2.24) is 10.2 Å². The number of benzene rings is 2. The van der Waals surface area contributed by atoms with Crippen LogP contribution in [0.4, 0.5) is 5.69 Å². The van der Waals surface area contributed by atoms with Crippen LogP contribution in [-0.4, -0.2) is 41.8 Å². The summed E-state index contributed by atoms with van der Waals surface area (Å²) in [6, 6.07) is 13.5. The van der Waals surface area contributed by atoms with Crippen molar-refractivity contribution in [3.05, 3.63) is 64.7 Å². The smallest absolute Gasteiger partial charge is 0.255 e. The minimum atomic E-state index is -0.278. The summed E-state index contributed by atoms with van der Waals surface area (Å²) in [5.41, 5.74) is 1.49. The second kappa shape index (κ2) is 9.76. The van der Waals surface area contributed by atoms with E-state index in [-0.39, 0.29) is 29.7 Å². The maximum atomic E-state index is 13.0. The Balaban J connectivity index is 1.67. The van der Waals surface area contributed by atoms with E-state index in [4.69, 9.17) is 11.6 Å². The molecule has 2 aromatic carbocycles. The molecule has 0 aromatic heterocycles. The molecule has 1 aliphatic rings. The van der Waals surface area contributed by atoms with Gasteiger partial charge in [0, 0.05) is 41.0 Å². The number of amides is 3. The van der Waals surface area contributed by atoms with Crippen LogP contribution in [0.15, 0.2) is 48.5 Å². The lowest BCUT2D eigenvalue weighted by Gasteiger charge is -2.32. The van der Waals surface area contributed by atoms with Crippen molar-refractivity contribution in [2.24, 2.45) is 5.92 Å². The van der Waals surface area contributed by atoms with Crippen molar-refractivity contribution < 1.29 is 14.4 Å². The lowest BCUT2D eigenvalue weighted by molar-refractivity contribution is -0.126. The first-order valence-electron chi connectivity index (χ1n) is 10.1. The minimum Gasteiger partial charge on any atom is -0.354 e. The standard InChI is InChI=1S/C23H26ClN3O3/c1-15(2)25-22(29)18-6-4-12-27(14-18)23(30)17-5-3-7-20(13-17)26-21(28)16-8-10-19(24)11-9-16/h3,5,7-11,13,15,18H,4,6,12,14H2,1-2H3,(H,25,29)(H,26,28)/t18-/m1/s1. The van der Waals surface area contributed by atoms with E-state index in [2.05, 4.69) is 10.6 Å². The Morgan fingerprint density at radius 3 is 2.50 bits per heavy atom. The highest BCUT2D eigenvalue weighted by molar-refractivity contribution is 6.30. The van der Waals surface area contributed by atoms with Crippen LogP contribution in [0.3, 0.4) is 0 Å². The lowest BCUT2D eigenvalue weighted by Crippen LogP contribution is -2.46. The maximum absolute atomic E-state index is 13.0. The van der Waals surface area contributed by atoms with E-state index in [1.807, 2.05) is 13.8 Å². The van der Waals surface area contributed by atoms with Gasteiger partial charge in [0.15, 0.2) is 0 Å². The first-order chi connectivity index (χ1) is 14.3. The monoisotopic (exact) mass is 427 g/mol. The van der Waals surface area contributed by atoms with Gasteiger partial charge in [0.2, 0.25) is 5.91 Å². The molecule has 1 heterocycles. The average Bonchev–Trinajstić information content (AvgIpc) is 2.73. The van der Waals surface area contributed by atoms with E-state index in [0.29, 0.717) is 34.9 Å². The Kier molecular flexibility index (Phi) is 7.11. The van der Waals surface area contributed by atoms with Crippen LogP contribution in [0, 0.1) is 5.92 Å². The van der Waals surface area contributed by atoms with Gasteiger partial charge in [0.25, 0.3) is 11.8 Å². The predicted octanol–water partition coefficient (Wildman–Crippen LogP) is 3.97. The molecule has 7 heteroatoms. The molecule has 1 atom stereocenters. The molecule has 0 aliphatic carbocycles. The SMILES string of the molecule is CC(C)NC(=O)[C@@H]1CCCN(C(=O)c2cccc(NC(=O)c3ccc(Cl)cc3)c2)C1. The highest BCUT2D eigenvalue weighted by Crippen LogP contribution is 2.21. The molecule has 1 aliphatic heterocycles. The number of nitrogens with zero attached hydrogens (tertiary/aromatic N) is 1. The summed E-state index contributed by atoms with van der Waals surface area (Å²) in [5.74, 6) is -0.622. The number of nitrogens with one attached hydrogen (secondary N) is 2. The number of rotatable bonds is 5. The third-order valence-electron chi connectivity index (χ3n) is 4.98. The summed E-state index contributed by atoms with van der Waals surface area (Å²) in [6.45, 7) is 4.87. The molecule has 0 spiro atoms. The van der Waals surface area contributed by atoms with Crippen LogP contribution >= 0.6 is 11.6 Å². The quantitative estimate of drug-likeness (QED) is 0.757. The molecule has 1 fully saturated rings. The van der Waals surface area contributed by atoms with Gasteiger partial charge in [-0.05, 0) is 69.2 Å². The van der Waals surface area contributed by atoms with Gasteiger partial charge in [-0.15, -0.1) is 0 Å². The average molecular weight is 428 g/mol. The highest BCUT2D eigenvalue weighted by Gasteiger charge is 2.29. The molecular weight excluding hydrogens is 402 g/mol. The summed E-state index contributed by atoms with van der Waals surface area (Å²) in [4.78, 5) is 39.5. The molecule has 3 amide bonds. The Morgan fingerprint density at radius 1 is 1.07 bits per heavy atom. The van der Waals surface area contributed by atoms with Crippen molar-refractivity contribution >= 4 is 35.0 Å². The van der Waals surface area contributed by atoms with E-state index in [0.717, 1.165) is 12.8 Å². The van der Waals surface area contributed by atoms with Crippen molar-refractivity contribution in [3.8, 4) is 0 Å². The van der Waals surface area contributed by atoms with Gasteiger partial charge in [-0.3, -0.25) is 14.4 Å². The zero-order valence-electron chi connectivity index (χ0n) is 17.2. The number of likely N-dealkylation sites (tertiary alicyclic amines) is 1. The van der Waals surface area contributed by atoms with Gasteiger partial charge in [-0.1, -0.05) is 17.7 Å².